The number of hydrogen-bond donors (Lipinski definition) is 1. The lowest BCUT2D eigenvalue weighted by molar-refractivity contribution is -0.133. The Labute approximate surface area is 190 Å². The molecule has 3 aromatic carbocycles. The van der Waals surface area contributed by atoms with Gasteiger partial charge in [-0.15, -0.1) is 0 Å². The van der Waals surface area contributed by atoms with E-state index in [0.29, 0.717) is 13.1 Å². The fourth-order valence-electron chi connectivity index (χ4n) is 5.12. The molecule has 2 atom stereocenters. The Kier molecular flexibility index (Phi) is 5.67. The topological polar surface area (TPSA) is 40.5 Å². The molecule has 1 amide bonds. The highest BCUT2D eigenvalue weighted by molar-refractivity contribution is 5.87. The van der Waals surface area contributed by atoms with Crippen molar-refractivity contribution >= 4 is 5.91 Å². The van der Waals surface area contributed by atoms with Crippen molar-refractivity contribution in [2.75, 3.05) is 6.54 Å². The fourth-order valence-corrected chi connectivity index (χ4v) is 5.12. The van der Waals surface area contributed by atoms with E-state index in [9.17, 15) is 9.90 Å². The van der Waals surface area contributed by atoms with Crippen LogP contribution < -0.4 is 0 Å². The van der Waals surface area contributed by atoms with E-state index >= 15 is 0 Å². The molecule has 1 N–H and O–H groups in total. The maximum absolute atomic E-state index is 14.2. The number of carbonyl (C=O) groups is 1. The average Bonchev–Trinajstić information content (AvgIpc) is 3.59. The van der Waals surface area contributed by atoms with Gasteiger partial charge < -0.3 is 10.0 Å². The van der Waals surface area contributed by atoms with Crippen LogP contribution in [-0.4, -0.2) is 28.6 Å². The van der Waals surface area contributed by atoms with E-state index in [0.717, 1.165) is 29.5 Å². The Hall–Kier alpha value is -3.17. The Balaban J connectivity index is 1.50. The van der Waals surface area contributed by atoms with Crippen LogP contribution in [0.15, 0.2) is 103 Å². The van der Waals surface area contributed by atoms with Crippen molar-refractivity contribution in [1.29, 1.82) is 0 Å². The minimum absolute atomic E-state index is 0.0653. The third-order valence-electron chi connectivity index (χ3n) is 7.14. The first kappa shape index (κ1) is 20.7. The first-order chi connectivity index (χ1) is 15.7. The van der Waals surface area contributed by atoms with E-state index in [4.69, 9.17) is 0 Å². The lowest BCUT2D eigenvalue weighted by atomic mass is 9.87. The third-order valence-corrected chi connectivity index (χ3v) is 7.14. The Morgan fingerprint density at radius 3 is 1.91 bits per heavy atom. The van der Waals surface area contributed by atoms with Crippen LogP contribution in [0.25, 0.3) is 0 Å². The van der Waals surface area contributed by atoms with Crippen LogP contribution in [0.4, 0.5) is 0 Å². The second kappa shape index (κ2) is 8.76. The van der Waals surface area contributed by atoms with Crippen LogP contribution in [0.3, 0.4) is 0 Å². The van der Waals surface area contributed by atoms with Crippen molar-refractivity contribution < 1.29 is 9.90 Å². The number of benzene rings is 3. The highest BCUT2D eigenvalue weighted by atomic mass is 16.3. The number of amides is 1. The third kappa shape index (κ3) is 4.01. The largest absolute Gasteiger partial charge is 0.388 e. The summed E-state index contributed by atoms with van der Waals surface area (Å²) in [5, 5.41) is 10.5. The van der Waals surface area contributed by atoms with Crippen molar-refractivity contribution in [3.8, 4) is 0 Å². The van der Waals surface area contributed by atoms with Crippen LogP contribution in [0.1, 0.15) is 35.4 Å². The van der Waals surface area contributed by atoms with Crippen LogP contribution in [0, 0.1) is 11.3 Å². The number of carbonyl (C=O) groups excluding carboxylic acids is 1. The highest BCUT2D eigenvalue weighted by Gasteiger charge is 2.56. The molecular weight excluding hydrogens is 394 g/mol. The van der Waals surface area contributed by atoms with Crippen molar-refractivity contribution in [1.82, 2.24) is 4.90 Å². The minimum atomic E-state index is -0.389. The van der Waals surface area contributed by atoms with E-state index in [1.165, 1.54) is 0 Å². The monoisotopic (exact) mass is 423 g/mol. The van der Waals surface area contributed by atoms with Gasteiger partial charge in [-0.2, -0.15) is 0 Å². The first-order valence-corrected chi connectivity index (χ1v) is 11.5. The lowest BCUT2D eigenvalue weighted by Gasteiger charge is -2.32. The van der Waals surface area contributed by atoms with Gasteiger partial charge in [-0.1, -0.05) is 103 Å². The number of rotatable bonds is 7. The van der Waals surface area contributed by atoms with Crippen molar-refractivity contribution in [2.24, 2.45) is 11.3 Å². The summed E-state index contributed by atoms with van der Waals surface area (Å²) in [4.78, 5) is 16.2. The van der Waals surface area contributed by atoms with Crippen LogP contribution in [0.5, 0.6) is 0 Å². The maximum Gasteiger partial charge on any atom is 0.234 e. The Morgan fingerprint density at radius 1 is 0.844 bits per heavy atom. The normalized spacial score (nSPS) is 20.6. The Morgan fingerprint density at radius 2 is 1.38 bits per heavy atom. The van der Waals surface area contributed by atoms with Crippen molar-refractivity contribution in [2.45, 2.75) is 31.4 Å². The average molecular weight is 424 g/mol. The molecule has 3 nitrogen and oxygen atoms in total. The molecule has 0 aliphatic heterocycles. The number of nitrogens with zero attached hydrogens (tertiary/aromatic N) is 1. The zero-order valence-electron chi connectivity index (χ0n) is 18.2. The second-order valence-corrected chi connectivity index (χ2v) is 9.13. The predicted molar refractivity (Wildman–Crippen MR) is 127 cm³/mol. The molecule has 162 valence electrons. The summed E-state index contributed by atoms with van der Waals surface area (Å²) < 4.78 is 0. The Bertz CT molecular complexity index is 1030. The summed E-state index contributed by atoms with van der Waals surface area (Å²) in [5.74, 6) is -0.0548. The van der Waals surface area contributed by atoms with E-state index in [2.05, 4.69) is 18.2 Å². The quantitative estimate of drug-likeness (QED) is 0.532. The smallest absolute Gasteiger partial charge is 0.234 e. The zero-order valence-corrected chi connectivity index (χ0v) is 18.2. The van der Waals surface area contributed by atoms with Crippen LogP contribution in [-0.2, 0) is 11.3 Å². The molecule has 1 fully saturated rings. The van der Waals surface area contributed by atoms with E-state index < -0.39 is 0 Å². The summed E-state index contributed by atoms with van der Waals surface area (Å²) in [7, 11) is 0. The molecule has 0 radical (unpaired) electrons. The fraction of sp³-hybridized carbons (Fsp3) is 0.276. The van der Waals surface area contributed by atoms with Gasteiger partial charge in [-0.25, -0.2) is 0 Å². The summed E-state index contributed by atoms with van der Waals surface area (Å²) in [6.07, 6.45) is 5.72. The molecule has 32 heavy (non-hydrogen) atoms. The zero-order chi connectivity index (χ0) is 22.0. The lowest BCUT2D eigenvalue weighted by Crippen LogP contribution is -2.40. The van der Waals surface area contributed by atoms with Gasteiger partial charge in [-0.05, 0) is 29.5 Å². The molecule has 0 bridgehead atoms. The van der Waals surface area contributed by atoms with Crippen LogP contribution >= 0.6 is 0 Å². The molecule has 0 aromatic heterocycles. The summed E-state index contributed by atoms with van der Waals surface area (Å²) >= 11 is 0. The molecule has 1 spiro atoms. The molecule has 2 aliphatic rings. The summed E-state index contributed by atoms with van der Waals surface area (Å²) in [5.41, 5.74) is 3.06. The molecule has 5 rings (SSSR count). The van der Waals surface area contributed by atoms with E-state index in [-0.39, 0.29) is 29.3 Å². The maximum atomic E-state index is 14.2. The number of aliphatic hydroxyl groups is 1. The van der Waals surface area contributed by atoms with Gasteiger partial charge >= 0.3 is 0 Å². The molecule has 3 heteroatoms. The van der Waals surface area contributed by atoms with Gasteiger partial charge in [-0.3, -0.25) is 4.79 Å². The van der Waals surface area contributed by atoms with Gasteiger partial charge in [0.25, 0.3) is 0 Å². The van der Waals surface area contributed by atoms with Gasteiger partial charge in [0.1, 0.15) is 0 Å². The second-order valence-electron chi connectivity index (χ2n) is 9.13. The highest BCUT2D eigenvalue weighted by Crippen LogP contribution is 2.58. The van der Waals surface area contributed by atoms with Gasteiger partial charge in [0.2, 0.25) is 5.91 Å². The molecule has 1 saturated carbocycles. The van der Waals surface area contributed by atoms with E-state index in [1.54, 1.807) is 0 Å². The summed E-state index contributed by atoms with van der Waals surface area (Å²) in [6.45, 7) is 1.18. The number of hydrogen-bond acceptors (Lipinski definition) is 2. The summed E-state index contributed by atoms with van der Waals surface area (Å²) in [6, 6.07) is 30.3. The van der Waals surface area contributed by atoms with Gasteiger partial charge in [0.15, 0.2) is 0 Å². The van der Waals surface area contributed by atoms with E-state index in [1.807, 2.05) is 89.8 Å². The SMILES string of the molecule is O=C(C(c1ccccc1)c1ccccc1)N(Cc1ccccc1)CC1C=CC(O)C12CC2. The molecule has 3 aromatic rings. The van der Waals surface area contributed by atoms with Crippen molar-refractivity contribution in [3.63, 3.8) is 0 Å². The van der Waals surface area contributed by atoms with Gasteiger partial charge in [0.05, 0.1) is 12.0 Å². The standard InChI is InChI=1S/C29H29NO2/c31-26-17-16-25(29(26)18-19-29)21-30(20-22-10-4-1-5-11-22)28(32)27(23-12-6-2-7-13-23)24-14-8-3-9-15-24/h1-17,25-27,31H,18-21H2. The predicted octanol–water partition coefficient (Wildman–Crippen LogP) is 5.17. The number of aliphatic hydroxyl groups excluding tert-OH is 1. The first-order valence-electron chi connectivity index (χ1n) is 11.5. The molecular formula is C29H29NO2. The molecule has 0 saturated heterocycles. The minimum Gasteiger partial charge on any atom is -0.388 e. The molecule has 2 unspecified atom stereocenters. The van der Waals surface area contributed by atoms with Crippen molar-refractivity contribution in [3.05, 3.63) is 120 Å². The van der Waals surface area contributed by atoms with Crippen LogP contribution in [0.2, 0.25) is 0 Å². The molecule has 2 aliphatic carbocycles. The van der Waals surface area contributed by atoms with Gasteiger partial charge in [0, 0.05) is 24.4 Å². The molecule has 0 heterocycles.